The molecule has 0 fully saturated rings. The lowest BCUT2D eigenvalue weighted by atomic mass is 9.96. The highest BCUT2D eigenvalue weighted by Crippen LogP contribution is 2.39. The van der Waals surface area contributed by atoms with Gasteiger partial charge >= 0.3 is 12.1 Å². The van der Waals surface area contributed by atoms with Crippen LogP contribution in [0.1, 0.15) is 11.1 Å². The van der Waals surface area contributed by atoms with Crippen LogP contribution < -0.4 is 32.7 Å². The first-order valence-corrected chi connectivity index (χ1v) is 19.8. The van der Waals surface area contributed by atoms with Crippen LogP contribution >= 0.6 is 0 Å². The number of carbonyl (C=O) groups excluding carboxylic acids is 2. The molecule has 6 aromatic carbocycles. The Bertz CT molecular complexity index is 3380. The molecule has 15 heteroatoms. The van der Waals surface area contributed by atoms with E-state index >= 15 is 0 Å². The van der Waals surface area contributed by atoms with Crippen molar-refractivity contribution in [3.63, 3.8) is 0 Å². The third kappa shape index (κ3) is 7.96. The van der Waals surface area contributed by atoms with E-state index in [0.717, 1.165) is 82.4 Å². The third-order valence-corrected chi connectivity index (χ3v) is 10.6. The maximum Gasteiger partial charge on any atom is 0.323 e. The van der Waals surface area contributed by atoms with Crippen molar-refractivity contribution in [1.82, 2.24) is 30.4 Å². The fourth-order valence-electron chi connectivity index (χ4n) is 7.71. The van der Waals surface area contributed by atoms with E-state index in [4.69, 9.17) is 11.5 Å². The summed E-state index contributed by atoms with van der Waals surface area (Å²) in [5.41, 5.74) is 21.4. The van der Waals surface area contributed by atoms with Gasteiger partial charge in [0.15, 0.2) is 11.6 Å². The molecular weight excluding hydrogens is 796 g/mol. The zero-order valence-corrected chi connectivity index (χ0v) is 33.9. The molecule has 4 aromatic heterocycles. The van der Waals surface area contributed by atoms with E-state index in [2.05, 4.69) is 51.6 Å². The van der Waals surface area contributed by atoms with Crippen molar-refractivity contribution in [1.29, 1.82) is 0 Å². The summed E-state index contributed by atoms with van der Waals surface area (Å²) in [5, 5.41) is 30.5. The molecule has 0 saturated heterocycles. The number of aromatic nitrogens is 6. The molecule has 63 heavy (non-hydrogen) atoms. The van der Waals surface area contributed by atoms with Crippen LogP contribution in [0, 0.1) is 19.7 Å². The molecule has 0 radical (unpaired) electrons. The molecule has 0 unspecified atom stereocenters. The Balaban J connectivity index is 0.000000160. The number of aryl methyl sites for hydroxylation is 2. The van der Waals surface area contributed by atoms with E-state index < -0.39 is 11.8 Å². The number of anilines is 6. The van der Waals surface area contributed by atoms with Crippen molar-refractivity contribution in [3.8, 4) is 22.3 Å². The molecule has 10 aromatic rings. The largest absolute Gasteiger partial charge is 0.382 e. The number of urea groups is 2. The van der Waals surface area contributed by atoms with Gasteiger partial charge in [-0.3, -0.25) is 20.2 Å². The monoisotopic (exact) mass is 834 g/mol. The normalized spacial score (nSPS) is 11.0. The fourth-order valence-corrected chi connectivity index (χ4v) is 7.71. The van der Waals surface area contributed by atoms with Crippen LogP contribution in [0.5, 0.6) is 0 Å². The zero-order chi connectivity index (χ0) is 43.6. The molecule has 0 aliphatic heterocycles. The predicted octanol–water partition coefficient (Wildman–Crippen LogP) is 10.8. The Kier molecular flexibility index (Phi) is 10.5. The molecule has 4 heterocycles. The van der Waals surface area contributed by atoms with Gasteiger partial charge in [-0.2, -0.15) is 10.2 Å². The number of rotatable bonds is 6. The number of nitrogens with two attached hydrogens (primary N) is 2. The van der Waals surface area contributed by atoms with Gasteiger partial charge < -0.3 is 32.7 Å². The van der Waals surface area contributed by atoms with Gasteiger partial charge in [0.25, 0.3) is 0 Å². The van der Waals surface area contributed by atoms with Crippen LogP contribution in [0.15, 0.2) is 140 Å². The van der Waals surface area contributed by atoms with Crippen molar-refractivity contribution in [3.05, 3.63) is 157 Å². The van der Waals surface area contributed by atoms with E-state index in [1.165, 1.54) is 6.07 Å². The van der Waals surface area contributed by atoms with Crippen molar-refractivity contribution in [2.45, 2.75) is 13.8 Å². The number of hydrogen-bond donors (Lipinski definition) is 8. The summed E-state index contributed by atoms with van der Waals surface area (Å²) in [4.78, 5) is 33.8. The van der Waals surface area contributed by atoms with Gasteiger partial charge in [0.05, 0.1) is 51.3 Å². The zero-order valence-electron chi connectivity index (χ0n) is 33.9. The average molecular weight is 835 g/mol. The average Bonchev–Trinajstić information content (AvgIpc) is 3.87. The van der Waals surface area contributed by atoms with E-state index in [1.807, 2.05) is 105 Å². The molecule has 0 spiro atoms. The van der Waals surface area contributed by atoms with Gasteiger partial charge in [-0.05, 0) is 83.3 Å². The number of carbonyl (C=O) groups is 2. The van der Waals surface area contributed by atoms with Crippen LogP contribution in [0.3, 0.4) is 0 Å². The minimum atomic E-state index is -0.532. The number of H-pyrrole nitrogens is 2. The number of aromatic amines is 2. The number of benzene rings is 6. The van der Waals surface area contributed by atoms with Crippen LogP contribution in [-0.4, -0.2) is 42.4 Å². The number of fused-ring (bicyclic) bond motifs is 4. The highest BCUT2D eigenvalue weighted by molar-refractivity contribution is 6.14. The van der Waals surface area contributed by atoms with Gasteiger partial charge in [0.2, 0.25) is 0 Å². The van der Waals surface area contributed by atoms with E-state index in [1.54, 1.807) is 43.0 Å². The first-order chi connectivity index (χ1) is 30.6. The van der Waals surface area contributed by atoms with Crippen molar-refractivity contribution in [2.24, 2.45) is 0 Å². The first kappa shape index (κ1) is 39.6. The van der Waals surface area contributed by atoms with E-state index in [0.29, 0.717) is 23.0 Å². The maximum absolute atomic E-state index is 14.0. The van der Waals surface area contributed by atoms with E-state index in [9.17, 15) is 14.0 Å². The molecule has 0 bridgehead atoms. The Morgan fingerprint density at radius 2 is 1.00 bits per heavy atom. The molecular formula is C48H39FN12O2. The lowest BCUT2D eigenvalue weighted by Crippen LogP contribution is -2.20. The second-order valence-electron chi connectivity index (χ2n) is 14.9. The minimum absolute atomic E-state index is 0.122. The minimum Gasteiger partial charge on any atom is -0.382 e. The number of hydrogen-bond acceptors (Lipinski definition) is 8. The third-order valence-electron chi connectivity index (χ3n) is 10.6. The molecule has 10 N–H and O–H groups in total. The smallest absolute Gasteiger partial charge is 0.323 e. The molecule has 0 aliphatic carbocycles. The number of nitrogens with one attached hydrogen (secondary N) is 6. The molecule has 0 atom stereocenters. The number of halogens is 1. The summed E-state index contributed by atoms with van der Waals surface area (Å²) < 4.78 is 14.0. The Morgan fingerprint density at radius 3 is 1.54 bits per heavy atom. The standard InChI is InChI=1S/C24H19FN6O.C24H20N6O/c1-13-6-8-18(25)20(10-13)29-24(32)28-19-9-7-15(14-4-2-3-5-16(14)19)17-11-27-12-21-22(17)23(26)31-30-21;1-14-5-4-6-15(11-14)27-24(31)28-20-10-9-17(16-7-2-3-8-18(16)20)19-12-26-13-21-22(19)23(25)30-29-21/h2-12H,1H3,(H3,26,30,31)(H2,28,29,32);2-13H,1H3,(H3,25,29,30)(H2,27,28,31). The molecule has 10 rings (SSSR count). The van der Waals surface area contributed by atoms with Crippen LogP contribution in [0.2, 0.25) is 0 Å². The highest BCUT2D eigenvalue weighted by atomic mass is 19.1. The topological polar surface area (TPSA) is 217 Å². The Morgan fingerprint density at radius 1 is 0.508 bits per heavy atom. The van der Waals surface area contributed by atoms with Gasteiger partial charge in [0, 0.05) is 40.0 Å². The summed E-state index contributed by atoms with van der Waals surface area (Å²) in [6, 6.07) is 34.5. The molecule has 14 nitrogen and oxygen atoms in total. The highest BCUT2D eigenvalue weighted by Gasteiger charge is 2.17. The Labute approximate surface area is 359 Å². The fraction of sp³-hybridized carbons (Fsp3) is 0.0417. The SMILES string of the molecule is Cc1ccc(F)c(NC(=O)Nc2ccc(-c3cncc4[nH]nc(N)c34)c3ccccc23)c1.Cc1cccc(NC(=O)Nc2ccc(-c3cncc4[nH]nc(N)c34)c3ccccc23)c1. The first-order valence-electron chi connectivity index (χ1n) is 19.8. The summed E-state index contributed by atoms with van der Waals surface area (Å²) in [6.45, 7) is 3.81. The van der Waals surface area contributed by atoms with Crippen molar-refractivity contribution in [2.75, 3.05) is 32.7 Å². The number of nitrogens with zero attached hydrogens (tertiary/aromatic N) is 4. The van der Waals surface area contributed by atoms with Gasteiger partial charge in [-0.1, -0.05) is 78.9 Å². The van der Waals surface area contributed by atoms with E-state index in [-0.39, 0.29) is 11.7 Å². The van der Waals surface area contributed by atoms with Crippen LogP contribution in [0.25, 0.3) is 65.6 Å². The van der Waals surface area contributed by atoms with Gasteiger partial charge in [-0.25, -0.2) is 14.0 Å². The summed E-state index contributed by atoms with van der Waals surface area (Å²) in [5.74, 6) is 0.323. The second-order valence-corrected chi connectivity index (χ2v) is 14.9. The molecule has 0 aliphatic rings. The summed E-state index contributed by atoms with van der Waals surface area (Å²) in [6.07, 6.45) is 6.91. The van der Waals surface area contributed by atoms with Crippen LogP contribution in [-0.2, 0) is 0 Å². The number of nitrogen functional groups attached to an aromatic ring is 2. The summed E-state index contributed by atoms with van der Waals surface area (Å²) in [7, 11) is 0. The molecule has 310 valence electrons. The lowest BCUT2D eigenvalue weighted by molar-refractivity contribution is 0.261. The Hall–Kier alpha value is -8.85. The number of amides is 4. The second kappa shape index (κ2) is 16.7. The molecule has 0 saturated carbocycles. The predicted molar refractivity (Wildman–Crippen MR) is 250 cm³/mol. The quantitative estimate of drug-likeness (QED) is 0.0804. The summed E-state index contributed by atoms with van der Waals surface area (Å²) >= 11 is 0. The van der Waals surface area contributed by atoms with Gasteiger partial charge in [0.1, 0.15) is 5.82 Å². The molecule has 4 amide bonds. The van der Waals surface area contributed by atoms with Gasteiger partial charge in [-0.15, -0.1) is 0 Å². The van der Waals surface area contributed by atoms with Crippen molar-refractivity contribution < 1.29 is 14.0 Å². The van der Waals surface area contributed by atoms with Crippen molar-refractivity contribution >= 4 is 89.8 Å². The lowest BCUT2D eigenvalue weighted by Gasteiger charge is -2.14. The number of pyridine rings is 2. The van der Waals surface area contributed by atoms with Crippen LogP contribution in [0.4, 0.5) is 48.4 Å². The maximum atomic E-state index is 14.0.